The standard InChI is InChI=1S/C40H44N2O2/c1-8-13-26(27-20-31(39(2,3)4)37(43)22-29(27)35-18-24-14-9-11-16-33(24)41-35)28-21-32(40(5,6)7)38(44)23-30(28)36-19-25-15-10-12-17-34(25)42-36/h9-12,14-23,26,41-44H,8,13H2,1-7H3. The third-order valence-electron chi connectivity index (χ3n) is 8.92. The lowest BCUT2D eigenvalue weighted by atomic mass is 9.75. The van der Waals surface area contributed by atoms with Crippen LogP contribution < -0.4 is 0 Å². The third kappa shape index (κ3) is 5.38. The van der Waals surface area contributed by atoms with Gasteiger partial charge in [0.05, 0.1) is 0 Å². The van der Waals surface area contributed by atoms with E-state index in [-0.39, 0.29) is 16.7 Å². The topological polar surface area (TPSA) is 72.0 Å². The molecule has 0 saturated carbocycles. The van der Waals surface area contributed by atoms with Crippen molar-refractivity contribution in [2.45, 2.75) is 78.1 Å². The van der Waals surface area contributed by atoms with Gasteiger partial charge in [-0.15, -0.1) is 0 Å². The Morgan fingerprint density at radius 2 is 1.00 bits per heavy atom. The summed E-state index contributed by atoms with van der Waals surface area (Å²) >= 11 is 0. The molecule has 4 N–H and O–H groups in total. The quantitative estimate of drug-likeness (QED) is 0.157. The zero-order valence-corrected chi connectivity index (χ0v) is 27.0. The summed E-state index contributed by atoms with van der Waals surface area (Å²) < 4.78 is 0. The minimum atomic E-state index is -0.250. The fourth-order valence-corrected chi connectivity index (χ4v) is 6.66. The summed E-state index contributed by atoms with van der Waals surface area (Å²) in [6.07, 6.45) is 1.88. The predicted molar refractivity (Wildman–Crippen MR) is 185 cm³/mol. The number of benzene rings is 4. The highest BCUT2D eigenvalue weighted by Crippen LogP contribution is 2.47. The van der Waals surface area contributed by atoms with Gasteiger partial charge in [-0.05, 0) is 75.9 Å². The molecule has 2 heterocycles. The Labute approximate surface area is 260 Å². The number of phenols is 2. The van der Waals surface area contributed by atoms with Crippen LogP contribution >= 0.6 is 0 Å². The Bertz CT molecular complexity index is 1770. The van der Waals surface area contributed by atoms with Gasteiger partial charge in [0.25, 0.3) is 0 Å². The largest absolute Gasteiger partial charge is 0.508 e. The molecule has 0 spiro atoms. The lowest BCUT2D eigenvalue weighted by Crippen LogP contribution is -2.16. The molecule has 226 valence electrons. The zero-order chi connectivity index (χ0) is 31.4. The van der Waals surface area contributed by atoms with E-state index in [1.165, 1.54) is 11.1 Å². The normalized spacial score (nSPS) is 12.5. The van der Waals surface area contributed by atoms with E-state index in [1.54, 1.807) is 0 Å². The number of phenolic OH excluding ortho intramolecular Hbond substituents is 2. The molecular formula is C40H44N2O2. The summed E-state index contributed by atoms with van der Waals surface area (Å²) in [7, 11) is 0. The van der Waals surface area contributed by atoms with Gasteiger partial charge >= 0.3 is 0 Å². The minimum Gasteiger partial charge on any atom is -0.508 e. The van der Waals surface area contributed by atoms with Crippen molar-refractivity contribution in [1.82, 2.24) is 9.97 Å². The van der Waals surface area contributed by atoms with Crippen LogP contribution in [0.25, 0.3) is 44.3 Å². The van der Waals surface area contributed by atoms with Crippen molar-refractivity contribution in [2.75, 3.05) is 0 Å². The monoisotopic (exact) mass is 584 g/mol. The maximum atomic E-state index is 11.4. The molecule has 0 radical (unpaired) electrons. The summed E-state index contributed by atoms with van der Waals surface area (Å²) in [6, 6.07) is 29.4. The molecule has 0 unspecified atom stereocenters. The summed E-state index contributed by atoms with van der Waals surface area (Å²) in [5, 5.41) is 25.1. The van der Waals surface area contributed by atoms with Crippen molar-refractivity contribution < 1.29 is 10.2 Å². The van der Waals surface area contributed by atoms with Crippen LogP contribution in [0.1, 0.15) is 89.5 Å². The summed E-state index contributed by atoms with van der Waals surface area (Å²) in [5.41, 5.74) is 9.80. The van der Waals surface area contributed by atoms with Crippen molar-refractivity contribution in [2.24, 2.45) is 0 Å². The van der Waals surface area contributed by atoms with E-state index >= 15 is 0 Å². The number of hydrogen-bond acceptors (Lipinski definition) is 2. The molecule has 6 aromatic rings. The first kappa shape index (κ1) is 29.6. The fourth-order valence-electron chi connectivity index (χ4n) is 6.66. The van der Waals surface area contributed by atoms with E-state index in [2.05, 4.69) is 119 Å². The number of rotatable bonds is 6. The van der Waals surface area contributed by atoms with Gasteiger partial charge in [-0.2, -0.15) is 0 Å². The average Bonchev–Trinajstić information content (AvgIpc) is 3.59. The maximum Gasteiger partial charge on any atom is 0.119 e. The first-order valence-corrected chi connectivity index (χ1v) is 15.8. The van der Waals surface area contributed by atoms with Gasteiger partial charge in [0.2, 0.25) is 0 Å². The molecule has 0 amide bonds. The summed E-state index contributed by atoms with van der Waals surface area (Å²) in [4.78, 5) is 7.28. The maximum absolute atomic E-state index is 11.4. The van der Waals surface area contributed by atoms with Crippen molar-refractivity contribution in [3.8, 4) is 34.0 Å². The summed E-state index contributed by atoms with van der Waals surface area (Å²) in [6.45, 7) is 15.1. The van der Waals surface area contributed by atoms with Gasteiger partial charge < -0.3 is 20.2 Å². The second-order valence-electron chi connectivity index (χ2n) is 14.3. The Balaban J connectivity index is 1.67. The van der Waals surface area contributed by atoms with Crippen LogP contribution in [0.3, 0.4) is 0 Å². The molecule has 0 aliphatic rings. The number of nitrogens with one attached hydrogen (secondary N) is 2. The minimum absolute atomic E-state index is 0.00576. The van der Waals surface area contributed by atoms with Gasteiger partial charge in [0, 0.05) is 50.2 Å². The van der Waals surface area contributed by atoms with Crippen LogP contribution in [-0.2, 0) is 10.8 Å². The molecule has 0 bridgehead atoms. The van der Waals surface area contributed by atoms with Gasteiger partial charge in [-0.1, -0.05) is 103 Å². The van der Waals surface area contributed by atoms with Gasteiger partial charge in [-0.3, -0.25) is 0 Å². The van der Waals surface area contributed by atoms with E-state index in [0.29, 0.717) is 11.5 Å². The SMILES string of the molecule is CCCC(c1cc(C(C)(C)C)c(O)cc1-c1cc2ccccc2[nH]1)c1cc(C(C)(C)C)c(O)cc1-c1cc2ccccc2[nH]1. The van der Waals surface area contributed by atoms with Crippen molar-refractivity contribution in [3.05, 3.63) is 107 Å². The molecule has 4 nitrogen and oxygen atoms in total. The molecule has 0 fully saturated rings. The second kappa shape index (κ2) is 10.9. The van der Waals surface area contributed by atoms with Crippen LogP contribution in [0.4, 0.5) is 0 Å². The molecule has 2 aromatic heterocycles. The van der Waals surface area contributed by atoms with Crippen LogP contribution in [-0.4, -0.2) is 20.2 Å². The van der Waals surface area contributed by atoms with E-state index < -0.39 is 0 Å². The molecule has 4 aromatic carbocycles. The number of hydrogen-bond donors (Lipinski definition) is 4. The van der Waals surface area contributed by atoms with Gasteiger partial charge in [-0.25, -0.2) is 0 Å². The van der Waals surface area contributed by atoms with Crippen molar-refractivity contribution in [1.29, 1.82) is 0 Å². The number of aromatic nitrogens is 2. The van der Waals surface area contributed by atoms with Crippen molar-refractivity contribution >= 4 is 21.8 Å². The fraction of sp³-hybridized carbons (Fsp3) is 0.300. The first-order valence-electron chi connectivity index (χ1n) is 15.8. The third-order valence-corrected chi connectivity index (χ3v) is 8.92. The zero-order valence-electron chi connectivity index (χ0n) is 27.0. The predicted octanol–water partition coefficient (Wildman–Crippen LogP) is 10.9. The second-order valence-corrected chi connectivity index (χ2v) is 14.3. The Kier molecular flexibility index (Phi) is 7.36. The van der Waals surface area contributed by atoms with E-state index in [4.69, 9.17) is 0 Å². The number of aromatic hydroxyl groups is 2. The molecule has 0 atom stereocenters. The van der Waals surface area contributed by atoms with Gasteiger partial charge in [0.15, 0.2) is 0 Å². The lowest BCUT2D eigenvalue weighted by Gasteiger charge is -2.29. The highest BCUT2D eigenvalue weighted by atomic mass is 16.3. The van der Waals surface area contributed by atoms with Crippen LogP contribution in [0.5, 0.6) is 11.5 Å². The van der Waals surface area contributed by atoms with E-state index in [9.17, 15) is 10.2 Å². The lowest BCUT2D eigenvalue weighted by molar-refractivity contribution is 0.446. The molecule has 0 saturated heterocycles. The Morgan fingerprint density at radius 1 is 0.591 bits per heavy atom. The van der Waals surface area contributed by atoms with Crippen molar-refractivity contribution in [3.63, 3.8) is 0 Å². The Morgan fingerprint density at radius 3 is 1.36 bits per heavy atom. The van der Waals surface area contributed by atoms with E-state index in [0.717, 1.165) is 68.3 Å². The molecule has 0 aliphatic heterocycles. The Hall–Kier alpha value is -4.44. The molecule has 44 heavy (non-hydrogen) atoms. The molecule has 4 heteroatoms. The van der Waals surface area contributed by atoms with Crippen LogP contribution in [0.15, 0.2) is 84.9 Å². The van der Waals surface area contributed by atoms with Crippen LogP contribution in [0, 0.1) is 0 Å². The smallest absolute Gasteiger partial charge is 0.119 e. The average molecular weight is 585 g/mol. The number of fused-ring (bicyclic) bond motifs is 2. The molecule has 6 rings (SSSR count). The van der Waals surface area contributed by atoms with Crippen LogP contribution in [0.2, 0.25) is 0 Å². The molecule has 0 aliphatic carbocycles. The van der Waals surface area contributed by atoms with E-state index in [1.807, 2.05) is 24.3 Å². The molecular weight excluding hydrogens is 540 g/mol. The van der Waals surface area contributed by atoms with Gasteiger partial charge in [0.1, 0.15) is 11.5 Å². The number of para-hydroxylation sites is 2. The first-order chi connectivity index (χ1) is 20.8. The number of aromatic amines is 2. The summed E-state index contributed by atoms with van der Waals surface area (Å²) in [5.74, 6) is 0.621. The highest BCUT2D eigenvalue weighted by Gasteiger charge is 2.30. The number of H-pyrrole nitrogens is 2. The highest BCUT2D eigenvalue weighted by molar-refractivity contribution is 5.89.